The van der Waals surface area contributed by atoms with E-state index < -0.39 is 0 Å². The van der Waals surface area contributed by atoms with E-state index in [0.717, 1.165) is 13.1 Å². The molecule has 108 valence electrons. The number of rotatable bonds is 1. The molecular weight excluding hydrogens is 256 g/mol. The molecule has 1 saturated heterocycles. The van der Waals surface area contributed by atoms with Crippen LogP contribution in [0.2, 0.25) is 0 Å². The highest BCUT2D eigenvalue weighted by molar-refractivity contribution is 5.42. The van der Waals surface area contributed by atoms with Crippen molar-refractivity contribution >= 4 is 0 Å². The molecule has 2 aliphatic rings. The van der Waals surface area contributed by atoms with Gasteiger partial charge in [0.2, 0.25) is 0 Å². The van der Waals surface area contributed by atoms with Gasteiger partial charge in [-0.2, -0.15) is 0 Å². The molecule has 21 heavy (non-hydrogen) atoms. The first-order chi connectivity index (χ1) is 10.3. The molecule has 0 spiro atoms. The van der Waals surface area contributed by atoms with Gasteiger partial charge < -0.3 is 4.90 Å². The van der Waals surface area contributed by atoms with Crippen molar-refractivity contribution in [3.05, 3.63) is 71.3 Å². The van der Waals surface area contributed by atoms with E-state index in [9.17, 15) is 0 Å². The lowest BCUT2D eigenvalue weighted by Gasteiger charge is -2.46. The van der Waals surface area contributed by atoms with E-state index >= 15 is 0 Å². The Morgan fingerprint density at radius 2 is 1.52 bits per heavy atom. The molecule has 2 aromatic carbocycles. The number of fused-ring (bicyclic) bond motifs is 3. The Bertz CT molecular complexity index is 622. The van der Waals surface area contributed by atoms with Crippen molar-refractivity contribution in [2.45, 2.75) is 12.0 Å². The molecule has 2 atom stereocenters. The lowest BCUT2D eigenvalue weighted by Crippen LogP contribution is -2.50. The van der Waals surface area contributed by atoms with Crippen LogP contribution in [0.25, 0.3) is 0 Å². The molecule has 0 aromatic heterocycles. The smallest absolute Gasteiger partial charge is 0.0478 e. The first-order valence-electron chi connectivity index (χ1n) is 7.89. The van der Waals surface area contributed by atoms with Crippen LogP contribution in [-0.4, -0.2) is 43.0 Å². The summed E-state index contributed by atoms with van der Waals surface area (Å²) < 4.78 is 0. The zero-order chi connectivity index (χ0) is 14.2. The zero-order valence-corrected chi connectivity index (χ0v) is 12.6. The summed E-state index contributed by atoms with van der Waals surface area (Å²) in [6.07, 6.45) is 0. The van der Waals surface area contributed by atoms with Crippen molar-refractivity contribution in [1.82, 2.24) is 9.80 Å². The van der Waals surface area contributed by atoms with E-state index in [-0.39, 0.29) is 0 Å². The van der Waals surface area contributed by atoms with Crippen LogP contribution in [0, 0.1) is 0 Å². The molecule has 0 aliphatic carbocycles. The van der Waals surface area contributed by atoms with E-state index in [1.54, 1.807) is 0 Å². The van der Waals surface area contributed by atoms with Crippen molar-refractivity contribution in [2.75, 3.05) is 33.2 Å². The van der Waals surface area contributed by atoms with Gasteiger partial charge in [0.15, 0.2) is 0 Å². The molecule has 2 aliphatic heterocycles. The van der Waals surface area contributed by atoms with Crippen LogP contribution in [0.3, 0.4) is 0 Å². The molecule has 4 rings (SSSR count). The summed E-state index contributed by atoms with van der Waals surface area (Å²) in [4.78, 5) is 5.14. The average Bonchev–Trinajstić information content (AvgIpc) is 2.55. The quantitative estimate of drug-likeness (QED) is 0.791. The van der Waals surface area contributed by atoms with Crippen LogP contribution in [0.5, 0.6) is 0 Å². The average molecular weight is 278 g/mol. The van der Waals surface area contributed by atoms with Crippen molar-refractivity contribution < 1.29 is 0 Å². The molecule has 2 aromatic rings. The van der Waals surface area contributed by atoms with Crippen molar-refractivity contribution in [2.24, 2.45) is 0 Å². The van der Waals surface area contributed by atoms with Crippen LogP contribution < -0.4 is 0 Å². The van der Waals surface area contributed by atoms with Gasteiger partial charge in [0.1, 0.15) is 0 Å². The van der Waals surface area contributed by atoms with Gasteiger partial charge in [-0.25, -0.2) is 0 Å². The van der Waals surface area contributed by atoms with E-state index in [4.69, 9.17) is 0 Å². The lowest BCUT2D eigenvalue weighted by molar-refractivity contribution is 0.0772. The summed E-state index contributed by atoms with van der Waals surface area (Å²) in [5.74, 6) is 0.516. The largest absolute Gasteiger partial charge is 0.303 e. The first-order valence-corrected chi connectivity index (χ1v) is 7.89. The molecule has 1 fully saturated rings. The van der Waals surface area contributed by atoms with Gasteiger partial charge in [-0.05, 0) is 23.7 Å². The fourth-order valence-corrected chi connectivity index (χ4v) is 3.91. The molecule has 0 unspecified atom stereocenters. The highest BCUT2D eigenvalue weighted by Crippen LogP contribution is 2.40. The van der Waals surface area contributed by atoms with Gasteiger partial charge in [0.25, 0.3) is 0 Å². The van der Waals surface area contributed by atoms with Crippen LogP contribution in [0.4, 0.5) is 0 Å². The molecule has 0 saturated carbocycles. The molecule has 0 amide bonds. The number of piperazine rings is 1. The number of likely N-dealkylation sites (N-methyl/N-ethyl adjacent to an activating group) is 1. The van der Waals surface area contributed by atoms with Crippen LogP contribution >= 0.6 is 0 Å². The summed E-state index contributed by atoms with van der Waals surface area (Å²) in [5, 5.41) is 0. The Kier molecular flexibility index (Phi) is 3.28. The second-order valence-corrected chi connectivity index (χ2v) is 6.37. The van der Waals surface area contributed by atoms with E-state index in [0.29, 0.717) is 12.0 Å². The molecule has 2 nitrogen and oxygen atoms in total. The Labute approximate surface area is 127 Å². The Morgan fingerprint density at radius 3 is 2.33 bits per heavy atom. The lowest BCUT2D eigenvalue weighted by atomic mass is 9.80. The van der Waals surface area contributed by atoms with Crippen LogP contribution in [0.15, 0.2) is 54.6 Å². The third-order valence-corrected chi connectivity index (χ3v) is 5.04. The zero-order valence-electron chi connectivity index (χ0n) is 12.6. The number of benzene rings is 2. The number of hydrogen-bond acceptors (Lipinski definition) is 2. The van der Waals surface area contributed by atoms with Crippen molar-refractivity contribution in [3.63, 3.8) is 0 Å². The van der Waals surface area contributed by atoms with E-state index in [2.05, 4.69) is 71.4 Å². The van der Waals surface area contributed by atoms with Gasteiger partial charge >= 0.3 is 0 Å². The summed E-state index contributed by atoms with van der Waals surface area (Å²) in [6, 6.07) is 20.6. The maximum Gasteiger partial charge on any atom is 0.0478 e. The van der Waals surface area contributed by atoms with Gasteiger partial charge in [-0.15, -0.1) is 0 Å². The fraction of sp³-hybridized carbons (Fsp3) is 0.368. The standard InChI is InChI=1S/C19H22N2/c1-20-11-12-21-13-18(15-7-3-2-4-8-15)16-9-5-6-10-17(16)19(21)14-20/h2-10,18-19H,11-14H2,1H3/t18-,19+/m0/s1. The monoisotopic (exact) mass is 278 g/mol. The fourth-order valence-electron chi connectivity index (χ4n) is 3.91. The van der Waals surface area contributed by atoms with Crippen molar-refractivity contribution in [1.29, 1.82) is 0 Å². The molecular formula is C19H22N2. The molecule has 0 radical (unpaired) electrons. The van der Waals surface area contributed by atoms with Gasteiger partial charge in [0.05, 0.1) is 0 Å². The predicted octanol–water partition coefficient (Wildman–Crippen LogP) is 3.12. The summed E-state index contributed by atoms with van der Waals surface area (Å²) in [6.45, 7) is 4.66. The predicted molar refractivity (Wildman–Crippen MR) is 86.5 cm³/mol. The number of hydrogen-bond donors (Lipinski definition) is 0. The SMILES string of the molecule is CN1CCN2C[C@@H](c3ccccc3)c3ccccc3[C@H]2C1. The maximum atomic E-state index is 2.68. The van der Waals surface area contributed by atoms with E-state index in [1.807, 2.05) is 0 Å². The Balaban J connectivity index is 1.79. The highest BCUT2D eigenvalue weighted by Gasteiger charge is 2.35. The molecule has 2 heterocycles. The third-order valence-electron chi connectivity index (χ3n) is 5.04. The second kappa shape index (κ2) is 5.28. The maximum absolute atomic E-state index is 2.68. The first kappa shape index (κ1) is 13.1. The van der Waals surface area contributed by atoms with Gasteiger partial charge in [-0.1, -0.05) is 54.6 Å². The normalized spacial score (nSPS) is 26.1. The topological polar surface area (TPSA) is 6.48 Å². The van der Waals surface area contributed by atoms with Crippen LogP contribution in [-0.2, 0) is 0 Å². The summed E-state index contributed by atoms with van der Waals surface area (Å²) in [5.41, 5.74) is 4.51. The third kappa shape index (κ3) is 2.29. The molecule has 0 bridgehead atoms. The van der Waals surface area contributed by atoms with Crippen molar-refractivity contribution in [3.8, 4) is 0 Å². The second-order valence-electron chi connectivity index (χ2n) is 6.37. The van der Waals surface area contributed by atoms with Gasteiger partial charge in [0, 0.05) is 38.1 Å². The minimum atomic E-state index is 0.516. The minimum Gasteiger partial charge on any atom is -0.303 e. The van der Waals surface area contributed by atoms with Crippen LogP contribution in [0.1, 0.15) is 28.7 Å². The summed E-state index contributed by atoms with van der Waals surface area (Å²) in [7, 11) is 2.24. The summed E-state index contributed by atoms with van der Waals surface area (Å²) >= 11 is 0. The number of nitrogens with zero attached hydrogens (tertiary/aromatic N) is 2. The minimum absolute atomic E-state index is 0.516. The highest BCUT2D eigenvalue weighted by atomic mass is 15.3. The Hall–Kier alpha value is -1.64. The molecule has 0 N–H and O–H groups in total. The van der Waals surface area contributed by atoms with E-state index in [1.165, 1.54) is 29.8 Å². The van der Waals surface area contributed by atoms with Gasteiger partial charge in [-0.3, -0.25) is 4.90 Å². The Morgan fingerprint density at radius 1 is 0.810 bits per heavy atom. The molecule has 2 heteroatoms.